The van der Waals surface area contributed by atoms with Gasteiger partial charge < -0.3 is 0 Å². The molecule has 0 aliphatic carbocycles. The van der Waals surface area contributed by atoms with Gasteiger partial charge in [0.05, 0.1) is 16.9 Å². The van der Waals surface area contributed by atoms with Crippen LogP contribution < -0.4 is 0 Å². The van der Waals surface area contributed by atoms with Crippen LogP contribution in [0, 0.1) is 6.92 Å². The molecule has 0 saturated carbocycles. The highest BCUT2D eigenvalue weighted by molar-refractivity contribution is 5.87. The van der Waals surface area contributed by atoms with Crippen LogP contribution >= 0.6 is 0 Å². The predicted molar refractivity (Wildman–Crippen MR) is 223 cm³/mol. The summed E-state index contributed by atoms with van der Waals surface area (Å²) in [5.41, 5.74) is 13.2. The zero-order valence-electron chi connectivity index (χ0n) is 30.6. The van der Waals surface area contributed by atoms with Crippen molar-refractivity contribution in [3.8, 4) is 67.7 Å². The van der Waals surface area contributed by atoms with E-state index in [0.29, 0.717) is 17.5 Å². The van der Waals surface area contributed by atoms with Gasteiger partial charge in [-0.05, 0) is 90.6 Å². The number of allylic oxidation sites excluding steroid dienone is 4. The van der Waals surface area contributed by atoms with E-state index in [2.05, 4.69) is 98.8 Å². The van der Waals surface area contributed by atoms with Crippen molar-refractivity contribution in [3.63, 3.8) is 0 Å². The van der Waals surface area contributed by atoms with Crippen LogP contribution in [0.3, 0.4) is 0 Å². The smallest absolute Gasteiger partial charge is 0.164 e. The quantitative estimate of drug-likeness (QED) is 0.140. The summed E-state index contributed by atoms with van der Waals surface area (Å²) in [6.45, 7) is 6.33. The van der Waals surface area contributed by atoms with Gasteiger partial charge in [-0.15, -0.1) is 0 Å². The maximum Gasteiger partial charge on any atom is 0.164 e. The summed E-state index contributed by atoms with van der Waals surface area (Å²) in [5, 5.41) is 1.08. The molecule has 0 aliphatic rings. The standard InChI is InChI=1S/C49H39N5/c1-4-14-35(15-5-2)45-26-33(3)27-46(51-45)36-24-22-34(23-25-36)40-29-41(43-28-39-20-12-13-21-44(39)50-32-43)31-42(30-40)49-53-47(37-16-8-6-9-17-37)52-48(54-49)38-18-10-7-11-19-38/h4,6-32H,5H2,1-3H3/b14-4-,35-15+. The van der Waals surface area contributed by atoms with Crippen LogP contribution in [0.25, 0.3) is 84.2 Å². The number of hydrogen-bond donors (Lipinski definition) is 0. The molecule has 260 valence electrons. The van der Waals surface area contributed by atoms with E-state index in [1.165, 1.54) is 5.56 Å². The normalized spacial score (nSPS) is 11.7. The first-order chi connectivity index (χ1) is 26.5. The molecule has 0 N–H and O–H groups in total. The van der Waals surface area contributed by atoms with Crippen molar-refractivity contribution in [1.82, 2.24) is 24.9 Å². The fourth-order valence-electron chi connectivity index (χ4n) is 6.71. The summed E-state index contributed by atoms with van der Waals surface area (Å²) >= 11 is 0. The molecular formula is C49H39N5. The molecule has 0 atom stereocenters. The number of pyridine rings is 2. The molecule has 0 bridgehead atoms. The fraction of sp³-hybridized carbons (Fsp3) is 0.0816. The highest BCUT2D eigenvalue weighted by Crippen LogP contribution is 2.35. The van der Waals surface area contributed by atoms with Gasteiger partial charge in [0.2, 0.25) is 0 Å². The first-order valence-electron chi connectivity index (χ1n) is 18.3. The average Bonchev–Trinajstić information content (AvgIpc) is 3.23. The van der Waals surface area contributed by atoms with Crippen molar-refractivity contribution in [3.05, 3.63) is 181 Å². The summed E-state index contributed by atoms with van der Waals surface area (Å²) in [4.78, 5) is 25.0. The molecule has 8 rings (SSSR count). The molecule has 0 aliphatic heterocycles. The topological polar surface area (TPSA) is 64.5 Å². The van der Waals surface area contributed by atoms with Crippen molar-refractivity contribution in [1.29, 1.82) is 0 Å². The van der Waals surface area contributed by atoms with Gasteiger partial charge in [0, 0.05) is 39.4 Å². The number of aryl methyl sites for hydroxylation is 1. The molecule has 0 unspecified atom stereocenters. The van der Waals surface area contributed by atoms with Crippen molar-refractivity contribution in [2.75, 3.05) is 0 Å². The molecule has 54 heavy (non-hydrogen) atoms. The molecule has 3 heterocycles. The molecule has 0 saturated heterocycles. The maximum atomic E-state index is 5.09. The van der Waals surface area contributed by atoms with Gasteiger partial charge in [-0.2, -0.15) is 0 Å². The van der Waals surface area contributed by atoms with Crippen molar-refractivity contribution in [2.45, 2.75) is 27.2 Å². The Morgan fingerprint density at radius 3 is 1.74 bits per heavy atom. The Hall–Kier alpha value is -6.85. The molecular weight excluding hydrogens is 659 g/mol. The Kier molecular flexibility index (Phi) is 9.77. The highest BCUT2D eigenvalue weighted by atomic mass is 15.0. The Morgan fingerprint density at radius 1 is 0.519 bits per heavy atom. The van der Waals surface area contributed by atoms with E-state index < -0.39 is 0 Å². The van der Waals surface area contributed by atoms with Crippen molar-refractivity contribution >= 4 is 16.5 Å². The third-order valence-corrected chi connectivity index (χ3v) is 9.36. The van der Waals surface area contributed by atoms with Crippen LogP contribution in [-0.4, -0.2) is 24.9 Å². The second-order valence-electron chi connectivity index (χ2n) is 13.3. The van der Waals surface area contributed by atoms with Crippen molar-refractivity contribution in [2.24, 2.45) is 0 Å². The van der Waals surface area contributed by atoms with Gasteiger partial charge in [0.1, 0.15) is 0 Å². The van der Waals surface area contributed by atoms with Crippen LogP contribution in [0.2, 0.25) is 0 Å². The summed E-state index contributed by atoms with van der Waals surface area (Å²) in [7, 11) is 0. The minimum absolute atomic E-state index is 0.602. The minimum atomic E-state index is 0.602. The predicted octanol–water partition coefficient (Wildman–Crippen LogP) is 12.5. The first kappa shape index (κ1) is 34.2. The monoisotopic (exact) mass is 697 g/mol. The Balaban J connectivity index is 1.27. The number of para-hydroxylation sites is 1. The van der Waals surface area contributed by atoms with Gasteiger partial charge in [0.25, 0.3) is 0 Å². The third-order valence-electron chi connectivity index (χ3n) is 9.36. The van der Waals surface area contributed by atoms with E-state index in [1.807, 2.05) is 92.0 Å². The number of benzene rings is 5. The van der Waals surface area contributed by atoms with Crippen LogP contribution in [0.4, 0.5) is 0 Å². The Morgan fingerprint density at radius 2 is 1.09 bits per heavy atom. The minimum Gasteiger partial charge on any atom is -0.256 e. The average molecular weight is 698 g/mol. The second-order valence-corrected chi connectivity index (χ2v) is 13.3. The Bertz CT molecular complexity index is 2590. The van der Waals surface area contributed by atoms with Crippen molar-refractivity contribution < 1.29 is 0 Å². The van der Waals surface area contributed by atoms with Gasteiger partial charge in [-0.3, -0.25) is 4.98 Å². The van der Waals surface area contributed by atoms with E-state index >= 15 is 0 Å². The molecule has 5 aromatic carbocycles. The zero-order valence-corrected chi connectivity index (χ0v) is 30.6. The van der Waals surface area contributed by atoms with Crippen LogP contribution in [0.15, 0.2) is 170 Å². The molecule has 5 nitrogen and oxygen atoms in total. The van der Waals surface area contributed by atoms with Crippen LogP contribution in [0.5, 0.6) is 0 Å². The fourth-order valence-corrected chi connectivity index (χ4v) is 6.71. The highest BCUT2D eigenvalue weighted by Gasteiger charge is 2.16. The number of nitrogens with zero attached hydrogens (tertiary/aromatic N) is 5. The molecule has 0 amide bonds. The van der Waals surface area contributed by atoms with E-state index in [1.54, 1.807) is 0 Å². The summed E-state index contributed by atoms with van der Waals surface area (Å²) in [5.74, 6) is 1.85. The molecule has 0 spiro atoms. The first-order valence-corrected chi connectivity index (χ1v) is 18.3. The number of hydrogen-bond acceptors (Lipinski definition) is 5. The van der Waals surface area contributed by atoms with Gasteiger partial charge in [0.15, 0.2) is 17.5 Å². The molecule has 8 aromatic rings. The van der Waals surface area contributed by atoms with Crippen LogP contribution in [-0.2, 0) is 0 Å². The summed E-state index contributed by atoms with van der Waals surface area (Å²) in [6.07, 6.45) is 9.32. The lowest BCUT2D eigenvalue weighted by molar-refractivity contribution is 1.07. The van der Waals surface area contributed by atoms with E-state index in [0.717, 1.165) is 78.8 Å². The molecule has 0 fully saturated rings. The van der Waals surface area contributed by atoms with E-state index in [-0.39, 0.29) is 0 Å². The lowest BCUT2D eigenvalue weighted by Gasteiger charge is -2.13. The van der Waals surface area contributed by atoms with Gasteiger partial charge in [-0.1, -0.05) is 128 Å². The second kappa shape index (κ2) is 15.4. The Labute approximate surface area is 316 Å². The van der Waals surface area contributed by atoms with Gasteiger partial charge >= 0.3 is 0 Å². The third kappa shape index (κ3) is 7.39. The molecule has 5 heteroatoms. The lowest BCUT2D eigenvalue weighted by atomic mass is 9.95. The molecule has 3 aromatic heterocycles. The van der Waals surface area contributed by atoms with E-state index in [9.17, 15) is 0 Å². The SMILES string of the molecule is C/C=C\C(=C/CC)c1cc(C)cc(-c2ccc(-c3cc(-c4cnc5ccccc5c4)cc(-c4nc(-c5ccccc5)nc(-c5ccccc5)n4)c3)cc2)n1. The molecule has 0 radical (unpaired) electrons. The number of fused-ring (bicyclic) bond motifs is 1. The zero-order chi connectivity index (χ0) is 36.9. The van der Waals surface area contributed by atoms with Crippen LogP contribution in [0.1, 0.15) is 31.5 Å². The summed E-state index contributed by atoms with van der Waals surface area (Å²) in [6, 6.07) is 50.1. The summed E-state index contributed by atoms with van der Waals surface area (Å²) < 4.78 is 0. The number of rotatable bonds is 9. The maximum absolute atomic E-state index is 5.09. The van der Waals surface area contributed by atoms with Gasteiger partial charge in [-0.25, -0.2) is 19.9 Å². The largest absolute Gasteiger partial charge is 0.256 e. The number of aromatic nitrogens is 5. The lowest BCUT2D eigenvalue weighted by Crippen LogP contribution is -2.00. The van der Waals surface area contributed by atoms with E-state index in [4.69, 9.17) is 24.9 Å².